The van der Waals surface area contributed by atoms with Crippen LogP contribution in [0.1, 0.15) is 0 Å². The summed E-state index contributed by atoms with van der Waals surface area (Å²) >= 11 is 0. The van der Waals surface area contributed by atoms with Crippen LogP contribution in [0.15, 0.2) is 42.7 Å². The minimum absolute atomic E-state index is 0.475. The van der Waals surface area contributed by atoms with E-state index in [0.717, 1.165) is 0 Å². The van der Waals surface area contributed by atoms with Crippen LogP contribution in [-0.2, 0) is 0 Å². The molecule has 0 atom stereocenters. The van der Waals surface area contributed by atoms with Gasteiger partial charge in [0.15, 0.2) is 0 Å². The van der Waals surface area contributed by atoms with E-state index < -0.39 is 6.09 Å². The van der Waals surface area contributed by atoms with Gasteiger partial charge in [0.25, 0.3) is 0 Å². The summed E-state index contributed by atoms with van der Waals surface area (Å²) in [6.07, 6.45) is 2.10. The summed E-state index contributed by atoms with van der Waals surface area (Å²) < 4.78 is 0. The molecule has 0 unspecified atom stereocenters. The molecule has 0 fully saturated rings. The molecule has 2 aromatic heterocycles. The molecule has 80 valence electrons. The fourth-order valence-corrected chi connectivity index (χ4v) is 1.29. The monoisotopic (exact) mass is 215 g/mol. The molecule has 0 bridgehead atoms. The Hall–Kier alpha value is -2.43. The molecule has 0 aliphatic rings. The normalized spacial score (nSPS) is 9.75. The predicted octanol–water partition coefficient (Wildman–Crippen LogP) is 2.23. The first-order chi connectivity index (χ1) is 7.75. The van der Waals surface area contributed by atoms with Gasteiger partial charge in [0.05, 0.1) is 11.4 Å². The molecule has 0 spiro atoms. The first-order valence-corrected chi connectivity index (χ1v) is 4.63. The van der Waals surface area contributed by atoms with Gasteiger partial charge in [-0.1, -0.05) is 6.07 Å². The van der Waals surface area contributed by atoms with Gasteiger partial charge in [0.1, 0.15) is 0 Å². The number of rotatable bonds is 2. The van der Waals surface area contributed by atoms with E-state index in [1.165, 1.54) is 6.20 Å². The molecule has 0 aromatic carbocycles. The highest BCUT2D eigenvalue weighted by atomic mass is 16.4. The molecule has 1 amide bonds. The summed E-state index contributed by atoms with van der Waals surface area (Å²) in [5.41, 5.74) is 1.81. The fourth-order valence-electron chi connectivity index (χ4n) is 1.29. The van der Waals surface area contributed by atoms with E-state index in [-0.39, 0.29) is 0 Å². The van der Waals surface area contributed by atoms with E-state index >= 15 is 0 Å². The smallest absolute Gasteiger partial charge is 0.409 e. The molecule has 0 aliphatic carbocycles. The molecule has 5 heteroatoms. The Morgan fingerprint density at radius 2 is 1.94 bits per heavy atom. The molecule has 0 aliphatic heterocycles. The highest BCUT2D eigenvalue weighted by Gasteiger charge is 2.02. The van der Waals surface area contributed by atoms with Crippen molar-refractivity contribution in [3.63, 3.8) is 0 Å². The van der Waals surface area contributed by atoms with Gasteiger partial charge < -0.3 is 5.11 Å². The van der Waals surface area contributed by atoms with Crippen LogP contribution in [0, 0.1) is 0 Å². The van der Waals surface area contributed by atoms with Gasteiger partial charge >= 0.3 is 6.09 Å². The van der Waals surface area contributed by atoms with Crippen LogP contribution in [0.2, 0.25) is 0 Å². The van der Waals surface area contributed by atoms with Crippen molar-refractivity contribution in [1.82, 2.24) is 9.97 Å². The largest absolute Gasteiger partial charge is 0.465 e. The lowest BCUT2D eigenvalue weighted by Crippen LogP contribution is -2.07. The van der Waals surface area contributed by atoms with E-state index in [1.54, 1.807) is 18.3 Å². The molecule has 2 rings (SSSR count). The van der Waals surface area contributed by atoms with Crippen molar-refractivity contribution >= 4 is 11.8 Å². The molecule has 0 saturated heterocycles. The Morgan fingerprint density at radius 1 is 1.12 bits per heavy atom. The third-order valence-electron chi connectivity index (χ3n) is 1.94. The predicted molar refractivity (Wildman–Crippen MR) is 59.1 cm³/mol. The molecular formula is C11H9N3O2. The Balaban J connectivity index is 2.33. The number of carbonyl (C=O) groups is 1. The molecule has 5 nitrogen and oxygen atoms in total. The average Bonchev–Trinajstić information content (AvgIpc) is 2.30. The SMILES string of the molecule is O=C(O)Nc1ccnc(-c2ccccn2)c1. The Bertz CT molecular complexity index is 500. The lowest BCUT2D eigenvalue weighted by molar-refractivity contribution is 0.210. The maximum Gasteiger partial charge on any atom is 0.409 e. The second-order valence-corrected chi connectivity index (χ2v) is 3.07. The minimum atomic E-state index is -1.10. The van der Waals surface area contributed by atoms with E-state index in [2.05, 4.69) is 15.3 Å². The molecule has 0 saturated carbocycles. The van der Waals surface area contributed by atoms with E-state index in [1.807, 2.05) is 18.2 Å². The van der Waals surface area contributed by atoms with Crippen LogP contribution in [0.5, 0.6) is 0 Å². The number of hydrogen-bond acceptors (Lipinski definition) is 3. The maximum absolute atomic E-state index is 10.5. The van der Waals surface area contributed by atoms with Crippen molar-refractivity contribution in [2.75, 3.05) is 5.32 Å². The van der Waals surface area contributed by atoms with Crippen molar-refractivity contribution in [2.45, 2.75) is 0 Å². The van der Waals surface area contributed by atoms with Gasteiger partial charge in [-0.05, 0) is 24.3 Å². The lowest BCUT2D eigenvalue weighted by Gasteiger charge is -2.03. The zero-order chi connectivity index (χ0) is 11.4. The van der Waals surface area contributed by atoms with Crippen LogP contribution >= 0.6 is 0 Å². The number of nitrogens with zero attached hydrogens (tertiary/aromatic N) is 2. The van der Waals surface area contributed by atoms with E-state index in [0.29, 0.717) is 17.1 Å². The molecule has 16 heavy (non-hydrogen) atoms. The quantitative estimate of drug-likeness (QED) is 0.805. The number of anilines is 1. The number of amides is 1. The molecule has 2 N–H and O–H groups in total. The summed E-state index contributed by atoms with van der Waals surface area (Å²) in [6, 6.07) is 8.69. The summed E-state index contributed by atoms with van der Waals surface area (Å²) in [5, 5.41) is 10.8. The number of pyridine rings is 2. The topological polar surface area (TPSA) is 75.1 Å². The Morgan fingerprint density at radius 3 is 2.62 bits per heavy atom. The summed E-state index contributed by atoms with van der Waals surface area (Å²) in [4.78, 5) is 18.7. The van der Waals surface area contributed by atoms with Gasteiger partial charge in [-0.25, -0.2) is 4.79 Å². The van der Waals surface area contributed by atoms with Crippen molar-refractivity contribution in [1.29, 1.82) is 0 Å². The molecule has 2 aromatic rings. The van der Waals surface area contributed by atoms with Gasteiger partial charge in [0.2, 0.25) is 0 Å². The van der Waals surface area contributed by atoms with Crippen molar-refractivity contribution in [2.24, 2.45) is 0 Å². The summed E-state index contributed by atoms with van der Waals surface area (Å²) in [7, 11) is 0. The van der Waals surface area contributed by atoms with E-state index in [4.69, 9.17) is 5.11 Å². The Kier molecular flexibility index (Phi) is 2.77. The standard InChI is InChI=1S/C11H9N3O2/c15-11(16)14-8-4-6-13-10(7-8)9-3-1-2-5-12-9/h1-7H,(H,13,14)(H,15,16). The zero-order valence-corrected chi connectivity index (χ0v) is 8.29. The first-order valence-electron chi connectivity index (χ1n) is 4.63. The van der Waals surface area contributed by atoms with Crippen LogP contribution in [0.3, 0.4) is 0 Å². The number of carboxylic acid groups (broad SMARTS) is 1. The van der Waals surface area contributed by atoms with Gasteiger partial charge in [-0.15, -0.1) is 0 Å². The van der Waals surface area contributed by atoms with Gasteiger partial charge in [-0.2, -0.15) is 0 Å². The van der Waals surface area contributed by atoms with Crippen molar-refractivity contribution < 1.29 is 9.90 Å². The van der Waals surface area contributed by atoms with Crippen LogP contribution in [-0.4, -0.2) is 21.2 Å². The lowest BCUT2D eigenvalue weighted by atomic mass is 10.2. The van der Waals surface area contributed by atoms with E-state index in [9.17, 15) is 4.79 Å². The van der Waals surface area contributed by atoms with Gasteiger partial charge in [0, 0.05) is 18.1 Å². The highest BCUT2D eigenvalue weighted by Crippen LogP contribution is 2.17. The van der Waals surface area contributed by atoms with Crippen LogP contribution < -0.4 is 5.32 Å². The fraction of sp³-hybridized carbons (Fsp3) is 0. The Labute approximate surface area is 91.8 Å². The second-order valence-electron chi connectivity index (χ2n) is 3.07. The zero-order valence-electron chi connectivity index (χ0n) is 8.29. The van der Waals surface area contributed by atoms with Crippen LogP contribution in [0.25, 0.3) is 11.4 Å². The van der Waals surface area contributed by atoms with Crippen molar-refractivity contribution in [3.05, 3.63) is 42.7 Å². The van der Waals surface area contributed by atoms with Crippen LogP contribution in [0.4, 0.5) is 10.5 Å². The highest BCUT2D eigenvalue weighted by molar-refractivity contribution is 5.83. The van der Waals surface area contributed by atoms with Crippen molar-refractivity contribution in [3.8, 4) is 11.4 Å². The number of hydrogen-bond donors (Lipinski definition) is 2. The molecular weight excluding hydrogens is 206 g/mol. The third-order valence-corrected chi connectivity index (χ3v) is 1.94. The molecule has 2 heterocycles. The first kappa shape index (κ1) is 10.1. The third kappa shape index (κ3) is 2.33. The average molecular weight is 215 g/mol. The summed E-state index contributed by atoms with van der Waals surface area (Å²) in [5.74, 6) is 0. The van der Waals surface area contributed by atoms with Gasteiger partial charge in [-0.3, -0.25) is 15.3 Å². The minimum Gasteiger partial charge on any atom is -0.465 e. The number of aromatic nitrogens is 2. The number of nitrogens with one attached hydrogen (secondary N) is 1. The molecule has 0 radical (unpaired) electrons. The maximum atomic E-state index is 10.5. The second kappa shape index (κ2) is 4.39. The summed E-state index contributed by atoms with van der Waals surface area (Å²) in [6.45, 7) is 0.